The average molecular weight is 353 g/mol. The number of morpholine rings is 1. The number of nitrogens with zero attached hydrogens (tertiary/aromatic N) is 1. The number of rotatable bonds is 3. The summed E-state index contributed by atoms with van der Waals surface area (Å²) in [7, 11) is -3.91. The summed E-state index contributed by atoms with van der Waals surface area (Å²) in [6.07, 6.45) is 0. The molecule has 3 rings (SSSR count). The van der Waals surface area contributed by atoms with Gasteiger partial charge in [-0.3, -0.25) is 0 Å². The largest absolute Gasteiger partial charge is 0.494 e. The first-order chi connectivity index (χ1) is 11.3. The molecule has 0 aliphatic carbocycles. The first-order valence-electron chi connectivity index (χ1n) is 8.21. The van der Waals surface area contributed by atoms with E-state index in [9.17, 15) is 8.42 Å². The van der Waals surface area contributed by atoms with E-state index in [2.05, 4.69) is 13.8 Å². The minimum Gasteiger partial charge on any atom is -0.407 e. The van der Waals surface area contributed by atoms with Gasteiger partial charge >= 0.3 is 7.12 Å². The van der Waals surface area contributed by atoms with E-state index in [0.29, 0.717) is 44.4 Å². The van der Waals surface area contributed by atoms with Gasteiger partial charge in [-0.2, -0.15) is 4.31 Å². The fraction of sp³-hybridized carbons (Fsp3) is 0.625. The summed E-state index contributed by atoms with van der Waals surface area (Å²) >= 11 is 0. The van der Waals surface area contributed by atoms with E-state index in [1.807, 2.05) is 6.92 Å². The summed E-state index contributed by atoms with van der Waals surface area (Å²) in [6.45, 7) is 8.98. The number of aryl methyl sites for hydroxylation is 1. The Morgan fingerprint density at radius 2 is 1.75 bits per heavy atom. The predicted molar refractivity (Wildman–Crippen MR) is 91.8 cm³/mol. The second kappa shape index (κ2) is 6.76. The quantitative estimate of drug-likeness (QED) is 0.752. The van der Waals surface area contributed by atoms with Crippen LogP contribution in [0.5, 0.6) is 0 Å². The van der Waals surface area contributed by atoms with Crippen LogP contribution in [0.25, 0.3) is 0 Å². The normalized spacial score (nSPS) is 22.5. The fourth-order valence-electron chi connectivity index (χ4n) is 2.88. The maximum atomic E-state index is 12.7. The van der Waals surface area contributed by atoms with E-state index >= 15 is 0 Å². The molecule has 24 heavy (non-hydrogen) atoms. The van der Waals surface area contributed by atoms with Gasteiger partial charge in [-0.1, -0.05) is 25.5 Å². The Labute approximate surface area is 144 Å². The molecule has 2 fully saturated rings. The molecule has 132 valence electrons. The highest BCUT2D eigenvalue weighted by atomic mass is 32.2. The summed E-state index contributed by atoms with van der Waals surface area (Å²) in [5.74, 6) is 0. The van der Waals surface area contributed by atoms with Crippen LogP contribution in [0.2, 0.25) is 0 Å². The van der Waals surface area contributed by atoms with Crippen molar-refractivity contribution in [2.75, 3.05) is 39.5 Å². The monoisotopic (exact) mass is 353 g/mol. The highest BCUT2D eigenvalue weighted by Gasteiger charge is 2.35. The van der Waals surface area contributed by atoms with Crippen molar-refractivity contribution in [1.82, 2.24) is 4.31 Å². The van der Waals surface area contributed by atoms with Crippen LogP contribution in [0.3, 0.4) is 0 Å². The van der Waals surface area contributed by atoms with Gasteiger partial charge in [-0.15, -0.1) is 0 Å². The van der Waals surface area contributed by atoms with Crippen LogP contribution >= 0.6 is 0 Å². The molecule has 0 atom stereocenters. The molecule has 0 saturated carbocycles. The Bertz CT molecular complexity index is 690. The zero-order valence-electron chi connectivity index (χ0n) is 14.4. The standard InChI is InChI=1S/C16H24BNO5S/c1-13-10-14(24(19,20)18-6-8-21-9-7-18)4-5-15(13)17-22-11-16(2,3)12-23-17/h4-5,10H,6-9,11-12H2,1-3H3. The molecule has 8 heteroatoms. The molecule has 2 aliphatic heterocycles. The van der Waals surface area contributed by atoms with E-state index < -0.39 is 17.1 Å². The van der Waals surface area contributed by atoms with Crippen molar-refractivity contribution in [3.8, 4) is 0 Å². The van der Waals surface area contributed by atoms with Crippen molar-refractivity contribution in [1.29, 1.82) is 0 Å². The van der Waals surface area contributed by atoms with Crippen molar-refractivity contribution >= 4 is 22.6 Å². The molecule has 1 aromatic carbocycles. The fourth-order valence-corrected chi connectivity index (χ4v) is 4.37. The molecular formula is C16H24BNO5S. The van der Waals surface area contributed by atoms with E-state index in [1.165, 1.54) is 4.31 Å². The SMILES string of the molecule is Cc1cc(S(=O)(=O)N2CCOCC2)ccc1B1OCC(C)(C)CO1. The third-order valence-electron chi connectivity index (χ3n) is 4.35. The first-order valence-corrected chi connectivity index (χ1v) is 9.65. The van der Waals surface area contributed by atoms with Crippen molar-refractivity contribution < 1.29 is 22.5 Å². The van der Waals surface area contributed by atoms with Crippen LogP contribution in [0.4, 0.5) is 0 Å². The number of sulfonamides is 1. The Morgan fingerprint density at radius 1 is 1.12 bits per heavy atom. The Kier molecular flexibility index (Phi) is 5.04. The molecule has 0 spiro atoms. The molecule has 0 N–H and O–H groups in total. The van der Waals surface area contributed by atoms with Crippen molar-refractivity contribution in [2.45, 2.75) is 25.7 Å². The van der Waals surface area contributed by atoms with Crippen molar-refractivity contribution in [3.05, 3.63) is 23.8 Å². The Morgan fingerprint density at radius 3 is 2.33 bits per heavy atom. The van der Waals surface area contributed by atoms with Gasteiger partial charge in [0.2, 0.25) is 10.0 Å². The lowest BCUT2D eigenvalue weighted by Gasteiger charge is -2.33. The van der Waals surface area contributed by atoms with Gasteiger partial charge in [-0.25, -0.2) is 8.42 Å². The summed E-state index contributed by atoms with van der Waals surface area (Å²) in [5.41, 5.74) is 1.74. The molecule has 0 amide bonds. The topological polar surface area (TPSA) is 65.1 Å². The van der Waals surface area contributed by atoms with E-state index in [0.717, 1.165) is 11.0 Å². The zero-order valence-corrected chi connectivity index (χ0v) is 15.3. The van der Waals surface area contributed by atoms with Gasteiger partial charge < -0.3 is 14.0 Å². The molecule has 2 aliphatic rings. The highest BCUT2D eigenvalue weighted by molar-refractivity contribution is 7.89. The second-order valence-corrected chi connectivity index (χ2v) is 9.09. The summed E-state index contributed by atoms with van der Waals surface area (Å²) in [5, 5.41) is 0. The van der Waals surface area contributed by atoms with Crippen LogP contribution in [0.15, 0.2) is 23.1 Å². The van der Waals surface area contributed by atoms with Gasteiger partial charge in [0.05, 0.1) is 18.1 Å². The van der Waals surface area contributed by atoms with Gasteiger partial charge in [0.15, 0.2) is 0 Å². The predicted octanol–water partition coefficient (Wildman–Crippen LogP) is 0.784. The minimum absolute atomic E-state index is 0.00399. The van der Waals surface area contributed by atoms with Crippen LogP contribution in [-0.4, -0.2) is 59.4 Å². The van der Waals surface area contributed by atoms with Crippen LogP contribution in [0, 0.1) is 12.3 Å². The third-order valence-corrected chi connectivity index (χ3v) is 6.25. The molecule has 2 saturated heterocycles. The average Bonchev–Trinajstić information content (AvgIpc) is 2.56. The number of benzene rings is 1. The van der Waals surface area contributed by atoms with Crippen LogP contribution in [-0.2, 0) is 24.1 Å². The summed E-state index contributed by atoms with van der Waals surface area (Å²) in [4.78, 5) is 0.307. The summed E-state index contributed by atoms with van der Waals surface area (Å²) < 4.78 is 43.8. The highest BCUT2D eigenvalue weighted by Crippen LogP contribution is 2.23. The zero-order chi connectivity index (χ0) is 17.4. The molecule has 1 aromatic rings. The molecular weight excluding hydrogens is 329 g/mol. The van der Waals surface area contributed by atoms with Gasteiger partial charge in [0.25, 0.3) is 0 Å². The maximum Gasteiger partial charge on any atom is 0.494 e. The number of hydrogen-bond donors (Lipinski definition) is 0. The first kappa shape index (κ1) is 17.9. The van der Waals surface area contributed by atoms with Gasteiger partial charge in [0.1, 0.15) is 0 Å². The number of hydrogen-bond acceptors (Lipinski definition) is 5. The molecule has 2 heterocycles. The van der Waals surface area contributed by atoms with Gasteiger partial charge in [0, 0.05) is 31.7 Å². The molecule has 0 radical (unpaired) electrons. The van der Waals surface area contributed by atoms with Crippen LogP contribution in [0.1, 0.15) is 19.4 Å². The lowest BCUT2D eigenvalue weighted by molar-refractivity contribution is 0.0342. The van der Waals surface area contributed by atoms with Gasteiger partial charge in [-0.05, 0) is 24.5 Å². The molecule has 0 unspecified atom stereocenters. The lowest BCUT2D eigenvalue weighted by atomic mass is 9.74. The third kappa shape index (κ3) is 3.67. The maximum absolute atomic E-state index is 12.7. The Balaban J connectivity index is 1.80. The van der Waals surface area contributed by atoms with E-state index in [1.54, 1.807) is 18.2 Å². The van der Waals surface area contributed by atoms with Crippen molar-refractivity contribution in [3.63, 3.8) is 0 Å². The molecule has 0 aromatic heterocycles. The number of ether oxygens (including phenoxy) is 1. The van der Waals surface area contributed by atoms with E-state index in [-0.39, 0.29) is 5.41 Å². The van der Waals surface area contributed by atoms with E-state index in [4.69, 9.17) is 14.0 Å². The summed E-state index contributed by atoms with van der Waals surface area (Å²) in [6, 6.07) is 5.14. The molecule has 6 nitrogen and oxygen atoms in total. The molecule has 0 bridgehead atoms. The Hall–Kier alpha value is -0.925. The lowest BCUT2D eigenvalue weighted by Crippen LogP contribution is -2.48. The second-order valence-electron chi connectivity index (χ2n) is 7.15. The van der Waals surface area contributed by atoms with Crippen LogP contribution < -0.4 is 5.46 Å². The van der Waals surface area contributed by atoms with Crippen molar-refractivity contribution in [2.24, 2.45) is 5.41 Å². The smallest absolute Gasteiger partial charge is 0.407 e. The minimum atomic E-state index is -3.48.